The molecule has 0 saturated heterocycles. The fourth-order valence-corrected chi connectivity index (χ4v) is 2.97. The van der Waals surface area contributed by atoms with E-state index in [9.17, 15) is 4.79 Å². The molecule has 0 aliphatic carbocycles. The van der Waals surface area contributed by atoms with Crippen molar-refractivity contribution in [2.24, 2.45) is 0 Å². The van der Waals surface area contributed by atoms with Crippen molar-refractivity contribution >= 4 is 17.1 Å². The molecule has 3 nitrogen and oxygen atoms in total. The Balaban J connectivity index is 1.96. The molecule has 0 amide bonds. The normalized spacial score (nSPS) is 14.4. The van der Waals surface area contributed by atoms with Crippen LogP contribution in [0.3, 0.4) is 0 Å². The van der Waals surface area contributed by atoms with Crippen molar-refractivity contribution in [3.63, 3.8) is 0 Å². The molecule has 0 saturated carbocycles. The maximum atomic E-state index is 12.4. The molecule has 1 aliphatic rings. The molecule has 0 bridgehead atoms. The van der Waals surface area contributed by atoms with Crippen molar-refractivity contribution in [2.45, 2.75) is 19.8 Å². The average molecular weight is 274 g/mol. The highest BCUT2D eigenvalue weighted by molar-refractivity contribution is 7.08. The first-order valence-corrected chi connectivity index (χ1v) is 7.07. The van der Waals surface area contributed by atoms with Crippen LogP contribution in [0.25, 0.3) is 0 Å². The van der Waals surface area contributed by atoms with E-state index in [0.717, 1.165) is 28.2 Å². The average Bonchev–Trinajstić information content (AvgIpc) is 3.06. The van der Waals surface area contributed by atoms with E-state index in [0.29, 0.717) is 0 Å². The van der Waals surface area contributed by atoms with Crippen LogP contribution >= 0.6 is 11.3 Å². The van der Waals surface area contributed by atoms with Gasteiger partial charge in [-0.05, 0) is 41.6 Å². The summed E-state index contributed by atoms with van der Waals surface area (Å²) in [5.74, 6) is 1.45. The molecule has 4 heteroatoms. The lowest BCUT2D eigenvalue weighted by Gasteiger charge is -2.14. The van der Waals surface area contributed by atoms with Crippen LogP contribution in [0.2, 0.25) is 0 Å². The minimum absolute atomic E-state index is 0.142. The van der Waals surface area contributed by atoms with Crippen LogP contribution in [0.1, 0.15) is 34.3 Å². The number of hydrogen-bond donors (Lipinski definition) is 0. The zero-order valence-corrected chi connectivity index (χ0v) is 11.6. The Morgan fingerprint density at radius 1 is 1.32 bits per heavy atom. The van der Waals surface area contributed by atoms with Gasteiger partial charge < -0.3 is 9.47 Å². The first-order chi connectivity index (χ1) is 9.16. The van der Waals surface area contributed by atoms with Gasteiger partial charge in [-0.1, -0.05) is 6.92 Å². The van der Waals surface area contributed by atoms with Crippen molar-refractivity contribution in [3.05, 3.63) is 45.6 Å². The Kier molecular flexibility index (Phi) is 3.03. The van der Waals surface area contributed by atoms with Gasteiger partial charge in [-0.15, -0.1) is 0 Å². The monoisotopic (exact) mass is 274 g/mol. The first-order valence-electron chi connectivity index (χ1n) is 6.13. The smallest absolute Gasteiger partial charge is 0.231 e. The van der Waals surface area contributed by atoms with Crippen LogP contribution in [0.4, 0.5) is 0 Å². The molecule has 2 aromatic rings. The molecule has 1 aliphatic heterocycles. The van der Waals surface area contributed by atoms with Crippen LogP contribution in [-0.2, 0) is 0 Å². The summed E-state index contributed by atoms with van der Waals surface area (Å²) < 4.78 is 10.7. The van der Waals surface area contributed by atoms with Crippen LogP contribution in [-0.4, -0.2) is 12.6 Å². The quantitative estimate of drug-likeness (QED) is 0.799. The van der Waals surface area contributed by atoms with Crippen molar-refractivity contribution in [1.29, 1.82) is 0 Å². The number of ether oxygens (including phenoxy) is 2. The lowest BCUT2D eigenvalue weighted by atomic mass is 9.90. The SMILES string of the molecule is Cc1cc2c(cc1C(C)C(=O)c1ccsc1)OCO2. The summed E-state index contributed by atoms with van der Waals surface area (Å²) >= 11 is 1.54. The van der Waals surface area contributed by atoms with Crippen LogP contribution in [0, 0.1) is 6.92 Å². The van der Waals surface area contributed by atoms with E-state index >= 15 is 0 Å². The Morgan fingerprint density at radius 2 is 2.05 bits per heavy atom. The van der Waals surface area contributed by atoms with Gasteiger partial charge in [0.05, 0.1) is 0 Å². The van der Waals surface area contributed by atoms with Gasteiger partial charge in [-0.2, -0.15) is 11.3 Å². The molecule has 98 valence electrons. The van der Waals surface area contributed by atoms with E-state index in [1.807, 2.05) is 42.8 Å². The summed E-state index contributed by atoms with van der Waals surface area (Å²) in [4.78, 5) is 12.4. The standard InChI is InChI=1S/C15H14O3S/c1-9-5-13-14(18-8-17-13)6-12(9)10(2)15(16)11-3-4-19-7-11/h3-7,10H,8H2,1-2H3. The van der Waals surface area contributed by atoms with Gasteiger partial charge in [0, 0.05) is 16.9 Å². The number of rotatable bonds is 3. The third-order valence-corrected chi connectivity index (χ3v) is 4.11. The molecule has 0 fully saturated rings. The lowest BCUT2D eigenvalue weighted by molar-refractivity contribution is 0.0966. The van der Waals surface area contributed by atoms with E-state index < -0.39 is 0 Å². The van der Waals surface area contributed by atoms with E-state index in [-0.39, 0.29) is 18.5 Å². The molecule has 19 heavy (non-hydrogen) atoms. The van der Waals surface area contributed by atoms with Crippen molar-refractivity contribution in [3.8, 4) is 11.5 Å². The van der Waals surface area contributed by atoms with Crippen LogP contribution in [0.15, 0.2) is 29.0 Å². The molecule has 2 heterocycles. The summed E-state index contributed by atoms with van der Waals surface area (Å²) in [7, 11) is 0. The highest BCUT2D eigenvalue weighted by Gasteiger charge is 2.23. The lowest BCUT2D eigenvalue weighted by Crippen LogP contribution is -2.10. The minimum Gasteiger partial charge on any atom is -0.454 e. The summed E-state index contributed by atoms with van der Waals surface area (Å²) in [5, 5.41) is 3.81. The second kappa shape index (κ2) is 4.70. The third-order valence-electron chi connectivity index (χ3n) is 3.43. The van der Waals surface area contributed by atoms with Gasteiger partial charge >= 0.3 is 0 Å². The molecule has 1 aromatic carbocycles. The van der Waals surface area contributed by atoms with Gasteiger partial charge in [-0.3, -0.25) is 4.79 Å². The van der Waals surface area contributed by atoms with Crippen molar-refractivity contribution < 1.29 is 14.3 Å². The minimum atomic E-state index is -0.177. The maximum Gasteiger partial charge on any atom is 0.231 e. The predicted octanol–water partition coefficient (Wildman–Crippen LogP) is 3.77. The number of ketones is 1. The van der Waals surface area contributed by atoms with Gasteiger partial charge in [0.25, 0.3) is 0 Å². The number of thiophene rings is 1. The number of carbonyl (C=O) groups is 1. The second-order valence-corrected chi connectivity index (χ2v) is 5.44. The Labute approximate surface area is 115 Å². The van der Waals surface area contributed by atoms with Crippen molar-refractivity contribution in [1.82, 2.24) is 0 Å². The van der Waals surface area contributed by atoms with Gasteiger partial charge in [-0.25, -0.2) is 0 Å². The Morgan fingerprint density at radius 3 is 2.74 bits per heavy atom. The van der Waals surface area contributed by atoms with Gasteiger partial charge in [0.15, 0.2) is 17.3 Å². The molecular weight excluding hydrogens is 260 g/mol. The Hall–Kier alpha value is -1.81. The predicted molar refractivity (Wildman–Crippen MR) is 74.4 cm³/mol. The van der Waals surface area contributed by atoms with E-state index in [1.165, 1.54) is 11.3 Å². The topological polar surface area (TPSA) is 35.5 Å². The number of hydrogen-bond acceptors (Lipinski definition) is 4. The highest BCUT2D eigenvalue weighted by atomic mass is 32.1. The molecule has 1 atom stereocenters. The van der Waals surface area contributed by atoms with E-state index in [1.54, 1.807) is 0 Å². The number of benzene rings is 1. The Bertz CT molecular complexity index is 617. The van der Waals surface area contributed by atoms with Gasteiger partial charge in [0.2, 0.25) is 6.79 Å². The molecule has 1 aromatic heterocycles. The number of Topliss-reactive ketones (excluding diaryl/α,β-unsaturated/α-hetero) is 1. The number of aryl methyl sites for hydroxylation is 1. The zero-order valence-electron chi connectivity index (χ0n) is 10.8. The van der Waals surface area contributed by atoms with Crippen molar-refractivity contribution in [2.75, 3.05) is 6.79 Å². The highest BCUT2D eigenvalue weighted by Crippen LogP contribution is 2.37. The summed E-state index contributed by atoms with van der Waals surface area (Å²) in [5.41, 5.74) is 2.83. The fourth-order valence-electron chi connectivity index (χ4n) is 2.32. The van der Waals surface area contributed by atoms with E-state index in [2.05, 4.69) is 0 Å². The molecule has 3 rings (SSSR count). The molecule has 0 N–H and O–H groups in total. The summed E-state index contributed by atoms with van der Waals surface area (Å²) in [6.07, 6.45) is 0. The fraction of sp³-hybridized carbons (Fsp3) is 0.267. The number of carbonyl (C=O) groups excluding carboxylic acids is 1. The molecule has 1 unspecified atom stereocenters. The van der Waals surface area contributed by atoms with E-state index in [4.69, 9.17) is 9.47 Å². The summed E-state index contributed by atoms with van der Waals surface area (Å²) in [6, 6.07) is 5.73. The van der Waals surface area contributed by atoms with Gasteiger partial charge in [0.1, 0.15) is 0 Å². The number of fused-ring (bicyclic) bond motifs is 1. The molecule has 0 radical (unpaired) electrons. The maximum absolute atomic E-state index is 12.4. The van der Waals surface area contributed by atoms with Crippen LogP contribution in [0.5, 0.6) is 11.5 Å². The largest absolute Gasteiger partial charge is 0.454 e. The van der Waals surface area contributed by atoms with Crippen LogP contribution < -0.4 is 9.47 Å². The second-order valence-electron chi connectivity index (χ2n) is 4.66. The zero-order chi connectivity index (χ0) is 13.4. The summed E-state index contributed by atoms with van der Waals surface area (Å²) in [6.45, 7) is 4.18. The molecule has 0 spiro atoms. The first kappa shape index (κ1) is 12.2. The molecular formula is C15H14O3S. The third kappa shape index (κ3) is 2.12.